The highest BCUT2D eigenvalue weighted by Gasteiger charge is 2.12. The van der Waals surface area contributed by atoms with Gasteiger partial charge in [0.2, 0.25) is 0 Å². The maximum atomic E-state index is 6.28. The van der Waals surface area contributed by atoms with Gasteiger partial charge in [-0.2, -0.15) is 0 Å². The van der Waals surface area contributed by atoms with E-state index in [1.165, 1.54) is 5.56 Å². The van der Waals surface area contributed by atoms with Crippen LogP contribution in [0.2, 0.25) is 5.02 Å². The summed E-state index contributed by atoms with van der Waals surface area (Å²) in [5.74, 6) is 0.655. The van der Waals surface area contributed by atoms with E-state index in [0.717, 1.165) is 15.6 Å². The minimum Gasteiger partial charge on any atom is -0.495 e. The van der Waals surface area contributed by atoms with Crippen molar-refractivity contribution in [1.82, 2.24) is 0 Å². The SMILES string of the molecule is COc1ccc(C(N)c2ccc(C)c(Br)c2)cc1Cl. The summed E-state index contributed by atoms with van der Waals surface area (Å²) >= 11 is 9.65. The Hall–Kier alpha value is -1.03. The molecule has 0 fully saturated rings. The number of methoxy groups -OCH3 is 1. The fourth-order valence-electron chi connectivity index (χ4n) is 1.87. The zero-order valence-electron chi connectivity index (χ0n) is 10.8. The van der Waals surface area contributed by atoms with Crippen LogP contribution in [0.5, 0.6) is 5.75 Å². The van der Waals surface area contributed by atoms with E-state index in [4.69, 9.17) is 22.1 Å². The first-order chi connectivity index (χ1) is 9.02. The van der Waals surface area contributed by atoms with E-state index >= 15 is 0 Å². The van der Waals surface area contributed by atoms with E-state index in [1.807, 2.05) is 43.3 Å². The Kier molecular flexibility index (Phi) is 4.50. The molecule has 4 heteroatoms. The minimum absolute atomic E-state index is 0.208. The first-order valence-electron chi connectivity index (χ1n) is 5.88. The molecule has 2 rings (SSSR count). The van der Waals surface area contributed by atoms with Crippen LogP contribution < -0.4 is 10.5 Å². The molecule has 0 saturated carbocycles. The van der Waals surface area contributed by atoms with Crippen molar-refractivity contribution in [3.05, 3.63) is 62.6 Å². The van der Waals surface area contributed by atoms with Gasteiger partial charge >= 0.3 is 0 Å². The first-order valence-corrected chi connectivity index (χ1v) is 7.05. The summed E-state index contributed by atoms with van der Waals surface area (Å²) in [5.41, 5.74) is 9.46. The standard InChI is InChI=1S/C15H15BrClNO/c1-9-3-4-10(7-12(9)16)15(18)11-5-6-14(19-2)13(17)8-11/h3-8,15H,18H2,1-2H3. The Bertz CT molecular complexity index is 601. The van der Waals surface area contributed by atoms with Crippen molar-refractivity contribution >= 4 is 27.5 Å². The zero-order chi connectivity index (χ0) is 14.0. The fraction of sp³-hybridized carbons (Fsp3) is 0.200. The molecule has 1 atom stereocenters. The second-order valence-electron chi connectivity index (χ2n) is 4.38. The Morgan fingerprint density at radius 3 is 2.37 bits per heavy atom. The summed E-state index contributed by atoms with van der Waals surface area (Å²) in [7, 11) is 1.60. The number of aryl methyl sites for hydroxylation is 1. The highest BCUT2D eigenvalue weighted by molar-refractivity contribution is 9.10. The van der Waals surface area contributed by atoms with Gasteiger partial charge in [-0.3, -0.25) is 0 Å². The summed E-state index contributed by atoms with van der Waals surface area (Å²) in [6.45, 7) is 2.05. The molecule has 2 N–H and O–H groups in total. The van der Waals surface area contributed by atoms with Crippen LogP contribution in [0.15, 0.2) is 40.9 Å². The van der Waals surface area contributed by atoms with Crippen molar-refractivity contribution in [3.8, 4) is 5.75 Å². The molecule has 19 heavy (non-hydrogen) atoms. The van der Waals surface area contributed by atoms with Crippen LogP contribution in [0.3, 0.4) is 0 Å². The topological polar surface area (TPSA) is 35.2 Å². The molecule has 0 aliphatic carbocycles. The Labute approximate surface area is 126 Å². The quantitative estimate of drug-likeness (QED) is 0.895. The number of rotatable bonds is 3. The van der Waals surface area contributed by atoms with Crippen LogP contribution in [0.1, 0.15) is 22.7 Å². The van der Waals surface area contributed by atoms with Gasteiger partial charge in [0.15, 0.2) is 0 Å². The lowest BCUT2D eigenvalue weighted by atomic mass is 9.99. The Balaban J connectivity index is 2.35. The number of hydrogen-bond acceptors (Lipinski definition) is 2. The molecule has 0 aromatic heterocycles. The number of halogens is 2. The van der Waals surface area contributed by atoms with Gasteiger partial charge in [-0.1, -0.05) is 45.7 Å². The fourth-order valence-corrected chi connectivity index (χ4v) is 2.53. The molecule has 2 aromatic carbocycles. The van der Waals surface area contributed by atoms with Crippen LogP contribution in [0, 0.1) is 6.92 Å². The molecule has 1 unspecified atom stereocenters. The number of ether oxygens (including phenoxy) is 1. The molecule has 100 valence electrons. The summed E-state index contributed by atoms with van der Waals surface area (Å²) in [4.78, 5) is 0. The van der Waals surface area contributed by atoms with Crippen molar-refractivity contribution in [3.63, 3.8) is 0 Å². The summed E-state index contributed by atoms with van der Waals surface area (Å²) in [6, 6.07) is 11.5. The second kappa shape index (κ2) is 5.95. The Morgan fingerprint density at radius 1 is 1.16 bits per heavy atom. The molecule has 0 aliphatic heterocycles. The Morgan fingerprint density at radius 2 is 1.79 bits per heavy atom. The lowest BCUT2D eigenvalue weighted by Gasteiger charge is -2.15. The van der Waals surface area contributed by atoms with Crippen molar-refractivity contribution in [1.29, 1.82) is 0 Å². The second-order valence-corrected chi connectivity index (χ2v) is 5.64. The molecule has 0 bridgehead atoms. The lowest BCUT2D eigenvalue weighted by molar-refractivity contribution is 0.415. The third-order valence-corrected chi connectivity index (χ3v) is 4.24. The van der Waals surface area contributed by atoms with Crippen LogP contribution in [-0.2, 0) is 0 Å². The molecule has 0 amide bonds. The van der Waals surface area contributed by atoms with E-state index < -0.39 is 0 Å². The van der Waals surface area contributed by atoms with E-state index in [2.05, 4.69) is 15.9 Å². The molecular weight excluding hydrogens is 326 g/mol. The predicted octanol–water partition coefficient (Wildman–Crippen LogP) is 4.47. The first kappa shape index (κ1) is 14.4. The van der Waals surface area contributed by atoms with Gasteiger partial charge in [-0.25, -0.2) is 0 Å². The third-order valence-electron chi connectivity index (χ3n) is 3.09. The van der Waals surface area contributed by atoms with Gasteiger partial charge in [0, 0.05) is 4.47 Å². The van der Waals surface area contributed by atoms with Crippen molar-refractivity contribution in [2.75, 3.05) is 7.11 Å². The number of hydrogen-bond donors (Lipinski definition) is 1. The number of benzene rings is 2. The maximum absolute atomic E-state index is 6.28. The zero-order valence-corrected chi connectivity index (χ0v) is 13.1. The molecule has 0 spiro atoms. The van der Waals surface area contributed by atoms with E-state index in [1.54, 1.807) is 7.11 Å². The van der Waals surface area contributed by atoms with Crippen LogP contribution in [-0.4, -0.2) is 7.11 Å². The summed E-state index contributed by atoms with van der Waals surface area (Å²) in [6.07, 6.45) is 0. The highest BCUT2D eigenvalue weighted by Crippen LogP contribution is 2.30. The molecular formula is C15H15BrClNO. The molecule has 0 heterocycles. The van der Waals surface area contributed by atoms with Crippen LogP contribution in [0.25, 0.3) is 0 Å². The molecule has 2 nitrogen and oxygen atoms in total. The van der Waals surface area contributed by atoms with Gasteiger partial charge in [-0.15, -0.1) is 0 Å². The van der Waals surface area contributed by atoms with Crippen LogP contribution >= 0.6 is 27.5 Å². The average molecular weight is 341 g/mol. The molecule has 0 radical (unpaired) electrons. The molecule has 0 aliphatic rings. The van der Waals surface area contributed by atoms with Gasteiger partial charge in [0.1, 0.15) is 5.75 Å². The van der Waals surface area contributed by atoms with Gasteiger partial charge in [0.05, 0.1) is 18.2 Å². The van der Waals surface area contributed by atoms with Crippen molar-refractivity contribution < 1.29 is 4.74 Å². The van der Waals surface area contributed by atoms with Gasteiger partial charge in [-0.05, 0) is 41.8 Å². The summed E-state index contributed by atoms with van der Waals surface area (Å²) in [5, 5.41) is 0.571. The highest BCUT2D eigenvalue weighted by atomic mass is 79.9. The van der Waals surface area contributed by atoms with E-state index in [-0.39, 0.29) is 6.04 Å². The monoisotopic (exact) mass is 339 g/mol. The minimum atomic E-state index is -0.208. The van der Waals surface area contributed by atoms with Crippen molar-refractivity contribution in [2.24, 2.45) is 5.73 Å². The van der Waals surface area contributed by atoms with Gasteiger partial charge in [0.25, 0.3) is 0 Å². The van der Waals surface area contributed by atoms with E-state index in [9.17, 15) is 0 Å². The molecule has 2 aromatic rings. The smallest absolute Gasteiger partial charge is 0.137 e. The van der Waals surface area contributed by atoms with Crippen LogP contribution in [0.4, 0.5) is 0 Å². The lowest BCUT2D eigenvalue weighted by Crippen LogP contribution is -2.12. The largest absolute Gasteiger partial charge is 0.495 e. The third kappa shape index (κ3) is 3.11. The van der Waals surface area contributed by atoms with Crippen molar-refractivity contribution in [2.45, 2.75) is 13.0 Å². The normalized spacial score (nSPS) is 12.3. The predicted molar refractivity (Wildman–Crippen MR) is 82.9 cm³/mol. The maximum Gasteiger partial charge on any atom is 0.137 e. The van der Waals surface area contributed by atoms with Gasteiger partial charge < -0.3 is 10.5 Å². The average Bonchev–Trinajstić information content (AvgIpc) is 2.41. The summed E-state index contributed by atoms with van der Waals surface area (Å²) < 4.78 is 6.20. The van der Waals surface area contributed by atoms with E-state index in [0.29, 0.717) is 10.8 Å². The molecule has 0 saturated heterocycles. The number of nitrogens with two attached hydrogens (primary N) is 1.